The van der Waals surface area contributed by atoms with Crippen LogP contribution in [0.4, 0.5) is 5.69 Å². The first-order chi connectivity index (χ1) is 10.2. The lowest BCUT2D eigenvalue weighted by Crippen LogP contribution is -2.06. The van der Waals surface area contributed by atoms with Crippen molar-refractivity contribution >= 4 is 40.4 Å². The highest BCUT2D eigenvalue weighted by Crippen LogP contribution is 2.31. The molecule has 1 atom stereocenters. The number of azo groups is 1. The van der Waals surface area contributed by atoms with Crippen molar-refractivity contribution in [1.29, 1.82) is 0 Å². The van der Waals surface area contributed by atoms with Gasteiger partial charge in [-0.05, 0) is 12.7 Å². The lowest BCUT2D eigenvalue weighted by atomic mass is 10.4. The minimum atomic E-state index is -0.756. The SMILES string of the molecule is CCOC(=O)c1[nH]oc(=O)c1N=NC1CC(SCC)=NS1. The van der Waals surface area contributed by atoms with E-state index in [1.807, 2.05) is 6.92 Å². The topological polar surface area (TPSA) is 109 Å². The number of carbonyl (C=O) groups is 1. The van der Waals surface area contributed by atoms with E-state index in [-0.39, 0.29) is 23.4 Å². The van der Waals surface area contributed by atoms with Crippen LogP contribution in [0, 0.1) is 0 Å². The van der Waals surface area contributed by atoms with E-state index in [9.17, 15) is 9.59 Å². The number of aromatic nitrogens is 1. The van der Waals surface area contributed by atoms with Crippen molar-refractivity contribution in [3.8, 4) is 0 Å². The standard InChI is InChI=1S/C11H14N4O4S2/c1-3-18-10(16)9-8(11(17)19-14-9)13-12-6-5-7(15-21-6)20-4-2/h6,14H,3-5H2,1-2H3. The Morgan fingerprint density at radius 3 is 3.14 bits per heavy atom. The molecule has 0 amide bonds. The van der Waals surface area contributed by atoms with Crippen LogP contribution in [0.3, 0.4) is 0 Å². The quantitative estimate of drug-likeness (QED) is 0.505. The monoisotopic (exact) mass is 330 g/mol. The summed E-state index contributed by atoms with van der Waals surface area (Å²) in [5.41, 5.74) is -1.06. The van der Waals surface area contributed by atoms with E-state index in [1.165, 1.54) is 11.9 Å². The number of hydrogen-bond donors (Lipinski definition) is 1. The van der Waals surface area contributed by atoms with Gasteiger partial charge in [-0.15, -0.1) is 16.9 Å². The summed E-state index contributed by atoms with van der Waals surface area (Å²) in [5.74, 6) is 0.243. The van der Waals surface area contributed by atoms with E-state index in [2.05, 4.69) is 24.3 Å². The van der Waals surface area contributed by atoms with Crippen LogP contribution in [-0.2, 0) is 4.74 Å². The van der Waals surface area contributed by atoms with Gasteiger partial charge in [0.05, 0.1) is 11.7 Å². The van der Waals surface area contributed by atoms with Gasteiger partial charge in [0.2, 0.25) is 5.69 Å². The van der Waals surface area contributed by atoms with E-state index >= 15 is 0 Å². The highest BCUT2D eigenvalue weighted by atomic mass is 32.2. The molecule has 2 heterocycles. The lowest BCUT2D eigenvalue weighted by molar-refractivity contribution is 0.0515. The molecule has 0 saturated heterocycles. The van der Waals surface area contributed by atoms with Crippen molar-refractivity contribution < 1.29 is 14.1 Å². The van der Waals surface area contributed by atoms with Gasteiger partial charge in [0.1, 0.15) is 5.37 Å². The summed E-state index contributed by atoms with van der Waals surface area (Å²) in [5, 5.41) is 10.9. The maximum atomic E-state index is 11.6. The summed E-state index contributed by atoms with van der Waals surface area (Å²) in [6.07, 6.45) is 0.664. The largest absolute Gasteiger partial charge is 0.461 e. The molecule has 1 unspecified atom stereocenters. The smallest absolute Gasteiger partial charge is 0.385 e. The van der Waals surface area contributed by atoms with Crippen molar-refractivity contribution in [2.45, 2.75) is 25.6 Å². The second-order valence-corrected chi connectivity index (χ2v) is 6.11. The van der Waals surface area contributed by atoms with Gasteiger partial charge in [0.25, 0.3) is 0 Å². The first-order valence-corrected chi connectivity index (χ1v) is 8.12. The Kier molecular flexibility index (Phi) is 5.62. The van der Waals surface area contributed by atoms with Gasteiger partial charge in [-0.2, -0.15) is 5.11 Å². The summed E-state index contributed by atoms with van der Waals surface area (Å²) in [6, 6.07) is 0. The number of esters is 1. The van der Waals surface area contributed by atoms with Crippen LogP contribution in [0.25, 0.3) is 0 Å². The molecule has 0 radical (unpaired) electrons. The molecule has 0 fully saturated rings. The predicted molar refractivity (Wildman–Crippen MR) is 81.4 cm³/mol. The van der Waals surface area contributed by atoms with Crippen molar-refractivity contribution in [3.05, 3.63) is 16.1 Å². The number of nitrogens with one attached hydrogen (secondary N) is 1. The number of thioether (sulfide) groups is 1. The molecule has 0 spiro atoms. The molecule has 1 aromatic rings. The van der Waals surface area contributed by atoms with Gasteiger partial charge in [0, 0.05) is 18.4 Å². The molecule has 21 heavy (non-hydrogen) atoms. The zero-order chi connectivity index (χ0) is 15.2. The molecule has 1 aliphatic heterocycles. The summed E-state index contributed by atoms with van der Waals surface area (Å²) in [4.78, 5) is 23.1. The molecule has 0 aliphatic carbocycles. The van der Waals surface area contributed by atoms with E-state index in [0.717, 1.165) is 10.8 Å². The van der Waals surface area contributed by atoms with E-state index < -0.39 is 11.6 Å². The first kappa shape index (κ1) is 15.8. The number of nitrogens with zero attached hydrogens (tertiary/aromatic N) is 3. The average Bonchev–Trinajstić information content (AvgIpc) is 3.04. The second-order valence-electron chi connectivity index (χ2n) is 3.83. The molecule has 2 rings (SSSR count). The summed E-state index contributed by atoms with van der Waals surface area (Å²) in [6.45, 7) is 3.90. The van der Waals surface area contributed by atoms with Crippen molar-refractivity contribution in [1.82, 2.24) is 5.16 Å². The highest BCUT2D eigenvalue weighted by Gasteiger charge is 2.23. The van der Waals surface area contributed by atoms with Crippen molar-refractivity contribution in [3.63, 3.8) is 0 Å². The van der Waals surface area contributed by atoms with Gasteiger partial charge >= 0.3 is 11.6 Å². The molecule has 8 nitrogen and oxygen atoms in total. The third kappa shape index (κ3) is 3.97. The first-order valence-electron chi connectivity index (χ1n) is 6.30. The van der Waals surface area contributed by atoms with Crippen LogP contribution >= 0.6 is 23.7 Å². The van der Waals surface area contributed by atoms with E-state index in [4.69, 9.17) is 4.74 Å². The molecule has 0 bridgehead atoms. The molecule has 10 heteroatoms. The molecule has 0 saturated carbocycles. The van der Waals surface area contributed by atoms with Crippen LogP contribution < -0.4 is 5.63 Å². The van der Waals surface area contributed by atoms with Crippen molar-refractivity contribution in [2.75, 3.05) is 12.4 Å². The van der Waals surface area contributed by atoms with Gasteiger partial charge in [-0.3, -0.25) is 0 Å². The van der Waals surface area contributed by atoms with E-state index in [0.29, 0.717) is 6.42 Å². The van der Waals surface area contributed by atoms with Gasteiger partial charge in [-0.25, -0.2) is 19.1 Å². The highest BCUT2D eigenvalue weighted by molar-refractivity contribution is 8.15. The molecule has 0 aromatic carbocycles. The number of ether oxygens (including phenoxy) is 1. The zero-order valence-electron chi connectivity index (χ0n) is 11.5. The third-order valence-corrected chi connectivity index (χ3v) is 4.20. The Morgan fingerprint density at radius 2 is 2.43 bits per heavy atom. The van der Waals surface area contributed by atoms with Gasteiger partial charge in [0.15, 0.2) is 5.69 Å². The fraction of sp³-hybridized carbons (Fsp3) is 0.545. The fourth-order valence-corrected chi connectivity index (χ4v) is 3.20. The molecular weight excluding hydrogens is 316 g/mol. The summed E-state index contributed by atoms with van der Waals surface area (Å²) >= 11 is 2.94. The molecule has 114 valence electrons. The third-order valence-electron chi connectivity index (χ3n) is 2.38. The van der Waals surface area contributed by atoms with Crippen molar-refractivity contribution in [2.24, 2.45) is 14.6 Å². The molecule has 1 aromatic heterocycles. The molecular formula is C11H14N4O4S2. The fourth-order valence-electron chi connectivity index (χ4n) is 1.51. The maximum absolute atomic E-state index is 11.6. The van der Waals surface area contributed by atoms with E-state index in [1.54, 1.807) is 18.7 Å². The Hall–Kier alpha value is -1.55. The molecule has 1 aliphatic rings. The Morgan fingerprint density at radius 1 is 1.62 bits per heavy atom. The minimum Gasteiger partial charge on any atom is -0.461 e. The lowest BCUT2D eigenvalue weighted by Gasteiger charge is -1.99. The number of hydrogen-bond acceptors (Lipinski definition) is 9. The zero-order valence-corrected chi connectivity index (χ0v) is 13.1. The Bertz CT molecular complexity index is 622. The number of rotatable bonds is 5. The number of H-pyrrole nitrogens is 1. The summed E-state index contributed by atoms with van der Waals surface area (Å²) < 4.78 is 13.6. The Balaban J connectivity index is 2.07. The maximum Gasteiger partial charge on any atom is 0.385 e. The number of aromatic amines is 1. The van der Waals surface area contributed by atoms with Crippen LogP contribution in [0.1, 0.15) is 30.8 Å². The van der Waals surface area contributed by atoms with Gasteiger partial charge in [-0.1, -0.05) is 6.92 Å². The van der Waals surface area contributed by atoms with Crippen LogP contribution in [0.15, 0.2) is 23.9 Å². The van der Waals surface area contributed by atoms with Crippen LogP contribution in [0.2, 0.25) is 0 Å². The Labute approximate surface area is 128 Å². The average molecular weight is 330 g/mol. The molecule has 1 N–H and O–H groups in total. The van der Waals surface area contributed by atoms with Crippen LogP contribution in [-0.4, -0.2) is 33.9 Å². The normalized spacial score (nSPS) is 18.2. The van der Waals surface area contributed by atoms with Gasteiger partial charge < -0.3 is 9.26 Å². The summed E-state index contributed by atoms with van der Waals surface area (Å²) in [7, 11) is 0. The number of carbonyl (C=O) groups excluding carboxylic acids is 1. The van der Waals surface area contributed by atoms with Crippen LogP contribution in [0.5, 0.6) is 0 Å². The minimum absolute atomic E-state index is 0.127. The second kappa shape index (κ2) is 7.46. The predicted octanol–water partition coefficient (Wildman–Crippen LogP) is 2.76.